The van der Waals surface area contributed by atoms with E-state index in [2.05, 4.69) is 15.6 Å². The largest absolute Gasteiger partial charge is 0.465 e. The topological polar surface area (TPSA) is 110 Å². The van der Waals surface area contributed by atoms with Gasteiger partial charge in [-0.3, -0.25) is 4.99 Å². The highest BCUT2D eigenvalue weighted by Crippen LogP contribution is 2.27. The molecular weight excluding hydrogens is 526 g/mol. The minimum absolute atomic E-state index is 0.418. The Morgan fingerprint density at radius 2 is 1.62 bits per heavy atom. The number of carbonyl (C=O) groups excluding carboxylic acids is 2. The van der Waals surface area contributed by atoms with E-state index < -0.39 is 11.9 Å². The number of thiocarbonyl (C=S) groups is 1. The standard InChI is InChI=1S/C30H29N5O4S/c1-35-24-13-11-19(29(37)39-3)17-22(24)26(31-14-7-15-32-30(40)33-20-8-5-4-6-9-20)25-21-16-18(28(36)38-2)10-12-23(21)34-27(25)35/h4-6,8-13,16-17,34H,7,14-15H2,1-3H3,(H2,32,33,40). The number of hydrogen-bond acceptors (Lipinski definition) is 6. The number of aromatic amines is 1. The van der Waals surface area contributed by atoms with Crippen LogP contribution in [0.5, 0.6) is 0 Å². The minimum Gasteiger partial charge on any atom is -0.465 e. The average molecular weight is 556 g/mol. The van der Waals surface area contributed by atoms with E-state index in [1.807, 2.05) is 60.1 Å². The van der Waals surface area contributed by atoms with Gasteiger partial charge in [0.15, 0.2) is 5.11 Å². The summed E-state index contributed by atoms with van der Waals surface area (Å²) in [6.45, 7) is 1.13. The van der Waals surface area contributed by atoms with Crippen molar-refractivity contribution in [3.8, 4) is 0 Å². The van der Waals surface area contributed by atoms with Gasteiger partial charge in [0.25, 0.3) is 0 Å². The molecule has 0 radical (unpaired) electrons. The van der Waals surface area contributed by atoms with Gasteiger partial charge in [-0.25, -0.2) is 9.59 Å². The van der Waals surface area contributed by atoms with Crippen LogP contribution in [0.2, 0.25) is 0 Å². The molecule has 5 aromatic rings. The molecule has 5 rings (SSSR count). The van der Waals surface area contributed by atoms with Gasteiger partial charge in [-0.1, -0.05) is 18.2 Å². The quantitative estimate of drug-likeness (QED) is 0.152. The van der Waals surface area contributed by atoms with Gasteiger partial charge < -0.3 is 29.7 Å². The predicted octanol–water partition coefficient (Wildman–Crippen LogP) is 4.66. The summed E-state index contributed by atoms with van der Waals surface area (Å²) in [5.74, 6) is -0.842. The van der Waals surface area contributed by atoms with Crippen LogP contribution >= 0.6 is 12.2 Å². The molecular formula is C30H29N5O4S. The fourth-order valence-electron chi connectivity index (χ4n) is 4.76. The molecule has 0 amide bonds. The van der Waals surface area contributed by atoms with Gasteiger partial charge in [0.05, 0.1) is 41.6 Å². The monoisotopic (exact) mass is 555 g/mol. The second kappa shape index (κ2) is 11.6. The van der Waals surface area contributed by atoms with Gasteiger partial charge in [0.1, 0.15) is 5.65 Å². The summed E-state index contributed by atoms with van der Waals surface area (Å²) >= 11 is 5.41. The zero-order valence-corrected chi connectivity index (χ0v) is 23.2. The highest BCUT2D eigenvalue weighted by molar-refractivity contribution is 7.80. The number of nitrogens with one attached hydrogen (secondary N) is 3. The SMILES string of the molecule is COC(=O)c1ccc2c(c1)c(=NCCCNC(=S)Nc1ccccc1)c1c3cc(C(=O)OC)ccc3[nH]c1n2C. The number of hydrogen-bond donors (Lipinski definition) is 3. The number of methoxy groups -OCH3 is 2. The Morgan fingerprint density at radius 1 is 0.950 bits per heavy atom. The highest BCUT2D eigenvalue weighted by Gasteiger charge is 2.17. The van der Waals surface area contributed by atoms with E-state index in [9.17, 15) is 9.59 Å². The maximum absolute atomic E-state index is 12.4. The summed E-state index contributed by atoms with van der Waals surface area (Å²) in [5.41, 5.74) is 4.39. The number of H-pyrrole nitrogens is 1. The zero-order valence-electron chi connectivity index (χ0n) is 22.4. The summed E-state index contributed by atoms with van der Waals surface area (Å²) in [6.07, 6.45) is 0.715. The van der Waals surface area contributed by atoms with Crippen molar-refractivity contribution in [2.45, 2.75) is 6.42 Å². The molecule has 9 nitrogen and oxygen atoms in total. The first-order valence-corrected chi connectivity index (χ1v) is 13.2. The summed E-state index contributed by atoms with van der Waals surface area (Å²) < 4.78 is 11.9. The first-order valence-electron chi connectivity index (χ1n) is 12.8. The van der Waals surface area contributed by atoms with Gasteiger partial charge in [0.2, 0.25) is 0 Å². The van der Waals surface area contributed by atoms with Crippen LogP contribution in [0.4, 0.5) is 5.69 Å². The molecule has 0 saturated carbocycles. The number of aryl methyl sites for hydroxylation is 1. The zero-order chi connectivity index (χ0) is 28.2. The Balaban J connectivity index is 1.55. The third kappa shape index (κ3) is 5.26. The molecule has 3 N–H and O–H groups in total. The molecule has 10 heteroatoms. The number of fused-ring (bicyclic) bond motifs is 4. The molecule has 0 aliphatic carbocycles. The molecule has 0 bridgehead atoms. The van der Waals surface area contributed by atoms with Crippen molar-refractivity contribution in [3.05, 3.63) is 83.2 Å². The van der Waals surface area contributed by atoms with Crippen LogP contribution in [0, 0.1) is 0 Å². The maximum Gasteiger partial charge on any atom is 0.337 e. The van der Waals surface area contributed by atoms with E-state index in [1.54, 1.807) is 18.2 Å². The van der Waals surface area contributed by atoms with Crippen molar-refractivity contribution < 1.29 is 19.1 Å². The molecule has 3 aromatic carbocycles. The number of pyridine rings is 1. The number of nitrogens with zero attached hydrogens (tertiary/aromatic N) is 2. The van der Waals surface area contributed by atoms with Crippen LogP contribution in [-0.4, -0.2) is 53.9 Å². The minimum atomic E-state index is -0.425. The Labute approximate surface area is 235 Å². The van der Waals surface area contributed by atoms with E-state index in [-0.39, 0.29) is 0 Å². The summed E-state index contributed by atoms with van der Waals surface area (Å²) in [6, 6.07) is 20.6. The van der Waals surface area contributed by atoms with E-state index in [1.165, 1.54) is 14.2 Å². The van der Waals surface area contributed by atoms with Crippen molar-refractivity contribution in [2.75, 3.05) is 32.6 Å². The normalized spacial score (nSPS) is 11.6. The van der Waals surface area contributed by atoms with Gasteiger partial charge in [-0.2, -0.15) is 0 Å². The second-order valence-electron chi connectivity index (χ2n) is 9.21. The molecule has 0 atom stereocenters. The van der Waals surface area contributed by atoms with Gasteiger partial charge in [-0.15, -0.1) is 0 Å². The third-order valence-corrected chi connectivity index (χ3v) is 6.97. The number of anilines is 1. The van der Waals surface area contributed by atoms with Crippen LogP contribution < -0.4 is 16.0 Å². The lowest BCUT2D eigenvalue weighted by Gasteiger charge is -2.11. The van der Waals surface area contributed by atoms with Gasteiger partial charge in [-0.05, 0) is 67.2 Å². The number of carbonyl (C=O) groups is 2. The number of ether oxygens (including phenoxy) is 2. The Kier molecular flexibility index (Phi) is 7.79. The van der Waals surface area contributed by atoms with Crippen LogP contribution in [0.25, 0.3) is 32.8 Å². The molecule has 0 fully saturated rings. The molecule has 0 aliphatic rings. The van der Waals surface area contributed by atoms with Crippen LogP contribution in [0.1, 0.15) is 27.1 Å². The smallest absolute Gasteiger partial charge is 0.337 e. The summed E-state index contributed by atoms with van der Waals surface area (Å²) in [7, 11) is 4.67. The van der Waals surface area contributed by atoms with Crippen LogP contribution in [0.15, 0.2) is 71.7 Å². The number of aromatic nitrogens is 2. The predicted molar refractivity (Wildman–Crippen MR) is 161 cm³/mol. The number of benzene rings is 3. The fraction of sp³-hybridized carbons (Fsp3) is 0.200. The number of esters is 2. The Hall–Kier alpha value is -4.70. The molecule has 2 heterocycles. The average Bonchev–Trinajstić information content (AvgIpc) is 3.37. The van der Waals surface area contributed by atoms with Crippen molar-refractivity contribution in [2.24, 2.45) is 12.0 Å². The van der Waals surface area contributed by atoms with E-state index in [0.29, 0.717) is 35.7 Å². The first kappa shape index (κ1) is 26.9. The summed E-state index contributed by atoms with van der Waals surface area (Å²) in [5, 5.41) is 10.1. The number of para-hydroxylation sites is 1. The molecule has 0 aliphatic heterocycles. The maximum atomic E-state index is 12.4. The van der Waals surface area contributed by atoms with Gasteiger partial charge >= 0.3 is 11.9 Å². The Bertz CT molecular complexity index is 1830. The van der Waals surface area contributed by atoms with Crippen LogP contribution in [-0.2, 0) is 16.5 Å². The molecule has 40 heavy (non-hydrogen) atoms. The van der Waals surface area contributed by atoms with Crippen molar-refractivity contribution in [1.29, 1.82) is 0 Å². The highest BCUT2D eigenvalue weighted by atomic mass is 32.1. The lowest BCUT2D eigenvalue weighted by Crippen LogP contribution is -2.29. The van der Waals surface area contributed by atoms with Crippen molar-refractivity contribution in [3.63, 3.8) is 0 Å². The second-order valence-corrected chi connectivity index (χ2v) is 9.62. The van der Waals surface area contributed by atoms with E-state index >= 15 is 0 Å². The number of rotatable bonds is 7. The third-order valence-electron chi connectivity index (χ3n) is 6.73. The van der Waals surface area contributed by atoms with Gasteiger partial charge in [0, 0.05) is 42.1 Å². The first-order chi connectivity index (χ1) is 19.4. The molecule has 0 spiro atoms. The molecule has 2 aromatic heterocycles. The van der Waals surface area contributed by atoms with E-state index in [0.717, 1.165) is 43.9 Å². The van der Waals surface area contributed by atoms with E-state index in [4.69, 9.17) is 26.7 Å². The van der Waals surface area contributed by atoms with Crippen molar-refractivity contribution >= 4 is 67.8 Å². The molecule has 0 saturated heterocycles. The van der Waals surface area contributed by atoms with Crippen LogP contribution in [0.3, 0.4) is 0 Å². The molecule has 0 unspecified atom stereocenters. The Morgan fingerprint density at radius 3 is 2.33 bits per heavy atom. The lowest BCUT2D eigenvalue weighted by molar-refractivity contribution is 0.0592. The van der Waals surface area contributed by atoms with Crippen molar-refractivity contribution in [1.82, 2.24) is 14.9 Å². The lowest BCUT2D eigenvalue weighted by atomic mass is 10.1. The summed E-state index contributed by atoms with van der Waals surface area (Å²) in [4.78, 5) is 33.2. The molecule has 204 valence electrons. The fourth-order valence-corrected chi connectivity index (χ4v) is 4.98.